The van der Waals surface area contributed by atoms with Crippen molar-refractivity contribution in [2.45, 2.75) is 63.6 Å². The van der Waals surface area contributed by atoms with Crippen LogP contribution in [0.15, 0.2) is 24.3 Å². The minimum Gasteiger partial charge on any atom is -0.483 e. The molecule has 5 amide bonds. The van der Waals surface area contributed by atoms with E-state index in [9.17, 15) is 38.3 Å². The molecule has 0 bridgehead atoms. The Hall–Kier alpha value is -5.02. The molecule has 3 fully saturated rings. The monoisotopic (exact) mass is 670 g/mol. The maximum absolute atomic E-state index is 14.3. The van der Waals surface area contributed by atoms with Crippen LogP contribution in [0, 0.1) is 5.82 Å². The fourth-order valence-electron chi connectivity index (χ4n) is 5.81. The van der Waals surface area contributed by atoms with Crippen molar-refractivity contribution in [1.29, 1.82) is 0 Å². The minimum absolute atomic E-state index is 0.0622. The van der Waals surface area contributed by atoms with Gasteiger partial charge in [-0.25, -0.2) is 14.2 Å². The quantitative estimate of drug-likeness (QED) is 0.278. The fourth-order valence-corrected chi connectivity index (χ4v) is 5.81. The molecule has 1 saturated carbocycles. The molecule has 16 heteroatoms. The van der Waals surface area contributed by atoms with E-state index in [0.717, 1.165) is 18.9 Å². The average molecular weight is 671 g/mol. The molecule has 2 saturated heterocycles. The number of ether oxygens (including phenoxy) is 2. The van der Waals surface area contributed by atoms with Gasteiger partial charge < -0.3 is 39.9 Å². The van der Waals surface area contributed by atoms with Crippen LogP contribution in [0.3, 0.4) is 0 Å². The van der Waals surface area contributed by atoms with Crippen molar-refractivity contribution in [2.75, 3.05) is 45.9 Å². The van der Waals surface area contributed by atoms with Gasteiger partial charge in [0, 0.05) is 62.7 Å². The first-order chi connectivity index (χ1) is 23.0. The van der Waals surface area contributed by atoms with Crippen LogP contribution in [-0.4, -0.2) is 125 Å². The van der Waals surface area contributed by atoms with E-state index in [2.05, 4.69) is 15.6 Å². The predicted molar refractivity (Wildman–Crippen MR) is 166 cm³/mol. The van der Waals surface area contributed by atoms with E-state index in [4.69, 9.17) is 9.47 Å². The van der Waals surface area contributed by atoms with Crippen molar-refractivity contribution in [3.8, 4) is 5.75 Å². The van der Waals surface area contributed by atoms with Gasteiger partial charge in [-0.05, 0) is 51.2 Å². The van der Waals surface area contributed by atoms with E-state index in [1.54, 1.807) is 6.92 Å². The Morgan fingerprint density at radius 2 is 1.75 bits per heavy atom. The molecule has 2 atom stereocenters. The molecule has 3 heterocycles. The molecule has 0 radical (unpaired) electrons. The van der Waals surface area contributed by atoms with Gasteiger partial charge >= 0.3 is 12.1 Å². The normalized spacial score (nSPS) is 18.3. The van der Waals surface area contributed by atoms with Gasteiger partial charge in [-0.3, -0.25) is 24.0 Å². The number of benzene rings is 1. The zero-order valence-corrected chi connectivity index (χ0v) is 26.6. The maximum atomic E-state index is 14.3. The highest BCUT2D eigenvalue weighted by Gasteiger charge is 2.37. The first-order valence-electron chi connectivity index (χ1n) is 16.1. The van der Waals surface area contributed by atoms with Crippen LogP contribution in [0.25, 0.3) is 10.9 Å². The number of carbonyl (C=O) groups is 6. The van der Waals surface area contributed by atoms with E-state index >= 15 is 0 Å². The Balaban J connectivity index is 1.32. The molecular formula is C32H39FN6O9. The number of pyridine rings is 1. The second-order valence-electron chi connectivity index (χ2n) is 11.9. The van der Waals surface area contributed by atoms with Crippen molar-refractivity contribution in [1.82, 2.24) is 30.3 Å². The lowest BCUT2D eigenvalue weighted by molar-refractivity contribution is -0.143. The Bertz CT molecular complexity index is 1580. The summed E-state index contributed by atoms with van der Waals surface area (Å²) in [6, 6.07) is 3.34. The number of piperazine rings is 1. The van der Waals surface area contributed by atoms with Crippen LogP contribution in [0.1, 0.15) is 55.9 Å². The number of rotatable bonds is 12. The third-order valence-corrected chi connectivity index (χ3v) is 8.53. The number of nitrogens with one attached hydrogen (secondary N) is 2. The van der Waals surface area contributed by atoms with Crippen LogP contribution < -0.4 is 15.4 Å². The second-order valence-corrected chi connectivity index (χ2v) is 11.9. The Morgan fingerprint density at radius 1 is 1.02 bits per heavy atom. The number of hydrogen-bond donors (Lipinski definition) is 3. The molecule has 0 spiro atoms. The summed E-state index contributed by atoms with van der Waals surface area (Å²) in [5.74, 6) is -3.07. The topological polar surface area (TPSA) is 188 Å². The van der Waals surface area contributed by atoms with Crippen molar-refractivity contribution in [3.63, 3.8) is 0 Å². The van der Waals surface area contributed by atoms with Crippen LogP contribution in [0.5, 0.6) is 5.75 Å². The first-order valence-corrected chi connectivity index (χ1v) is 16.1. The predicted octanol–water partition coefficient (Wildman–Crippen LogP) is 1.29. The molecule has 1 aliphatic carbocycles. The summed E-state index contributed by atoms with van der Waals surface area (Å²) in [5.41, 5.74) is -0.171. The lowest BCUT2D eigenvalue weighted by Gasteiger charge is -2.35. The van der Waals surface area contributed by atoms with Gasteiger partial charge in [-0.2, -0.15) is 0 Å². The SMILES string of the molecule is CCOC(=O)CC[C@H](NC(=O)c1cc(OCC(=O)N2CCC[C@H]2C(=O)NC2CC2)c2ccc(F)cc2n1)C(=O)N1CCN(C(=O)O)CC1. The average Bonchev–Trinajstić information content (AvgIpc) is 3.74. The molecule has 3 N–H and O–H groups in total. The standard InChI is InChI=1S/C32H39FN6O9/c1-2-47-28(41)10-9-22(31(44)37-12-14-38(15-13-37)32(45)46)36-29(42)24-17-26(21-8-5-19(33)16-23(21)35-24)48-18-27(40)39-11-3-4-25(39)30(43)34-20-6-7-20/h5,8,16-17,20,22,25H,2-4,6-7,9-15,18H2,1H3,(H,34,43)(H,36,42)(H,45,46)/t22-,25-/m0/s1. The van der Waals surface area contributed by atoms with Crippen molar-refractivity contribution in [3.05, 3.63) is 35.8 Å². The molecule has 0 unspecified atom stereocenters. The molecule has 15 nitrogen and oxygen atoms in total. The lowest BCUT2D eigenvalue weighted by Crippen LogP contribution is -2.55. The smallest absolute Gasteiger partial charge is 0.407 e. The van der Waals surface area contributed by atoms with Crippen molar-refractivity contribution in [2.24, 2.45) is 0 Å². The molecule has 1 aromatic heterocycles. The number of esters is 1. The Labute approximate surface area is 275 Å². The number of fused-ring (bicyclic) bond motifs is 1. The van der Waals surface area contributed by atoms with E-state index in [1.807, 2.05) is 0 Å². The largest absolute Gasteiger partial charge is 0.483 e. The highest BCUT2D eigenvalue weighted by atomic mass is 19.1. The number of aromatic nitrogens is 1. The fraction of sp³-hybridized carbons (Fsp3) is 0.531. The Morgan fingerprint density at radius 3 is 2.44 bits per heavy atom. The third-order valence-electron chi connectivity index (χ3n) is 8.53. The molecule has 5 rings (SSSR count). The number of carbonyl (C=O) groups excluding carboxylic acids is 5. The summed E-state index contributed by atoms with van der Waals surface area (Å²) >= 11 is 0. The number of carboxylic acid groups (broad SMARTS) is 1. The summed E-state index contributed by atoms with van der Waals surface area (Å²) in [5, 5.41) is 15.1. The van der Waals surface area contributed by atoms with Crippen molar-refractivity contribution >= 4 is 46.6 Å². The maximum Gasteiger partial charge on any atom is 0.407 e. The zero-order chi connectivity index (χ0) is 34.4. The van der Waals surface area contributed by atoms with Crippen LogP contribution in [-0.2, 0) is 23.9 Å². The van der Waals surface area contributed by atoms with Gasteiger partial charge in [0.1, 0.15) is 29.3 Å². The molecule has 258 valence electrons. The van der Waals surface area contributed by atoms with Gasteiger partial charge in [0.25, 0.3) is 11.8 Å². The number of likely N-dealkylation sites (tertiary alicyclic amines) is 1. The van der Waals surface area contributed by atoms with Crippen molar-refractivity contribution < 1.29 is 47.7 Å². The van der Waals surface area contributed by atoms with E-state index < -0.39 is 54.3 Å². The van der Waals surface area contributed by atoms with Gasteiger partial charge in [0.2, 0.25) is 11.8 Å². The van der Waals surface area contributed by atoms with Gasteiger partial charge in [-0.15, -0.1) is 0 Å². The van der Waals surface area contributed by atoms with Gasteiger partial charge in [-0.1, -0.05) is 0 Å². The van der Waals surface area contributed by atoms with Gasteiger partial charge in [0.15, 0.2) is 6.61 Å². The number of amides is 5. The first kappa shape index (κ1) is 34.3. The summed E-state index contributed by atoms with van der Waals surface area (Å²) in [4.78, 5) is 84.8. The highest BCUT2D eigenvalue weighted by Crippen LogP contribution is 2.28. The molecule has 48 heavy (non-hydrogen) atoms. The summed E-state index contributed by atoms with van der Waals surface area (Å²) in [6.45, 7) is 2.08. The Kier molecular flexibility index (Phi) is 10.9. The minimum atomic E-state index is -1.19. The number of nitrogens with zero attached hydrogens (tertiary/aromatic N) is 4. The highest BCUT2D eigenvalue weighted by molar-refractivity contribution is 5.99. The summed E-state index contributed by atoms with van der Waals surface area (Å²) in [6.07, 6.45) is 1.67. The van der Waals surface area contributed by atoms with Crippen LogP contribution >= 0.6 is 0 Å². The molecule has 3 aliphatic rings. The molecule has 2 aliphatic heterocycles. The molecular weight excluding hydrogens is 631 g/mol. The third kappa shape index (κ3) is 8.46. The van der Waals surface area contributed by atoms with Gasteiger partial charge in [0.05, 0.1) is 12.1 Å². The lowest BCUT2D eigenvalue weighted by atomic mass is 10.1. The summed E-state index contributed by atoms with van der Waals surface area (Å²) < 4.78 is 25.1. The second kappa shape index (κ2) is 15.3. The summed E-state index contributed by atoms with van der Waals surface area (Å²) in [7, 11) is 0. The van der Waals surface area contributed by atoms with E-state index in [0.29, 0.717) is 24.8 Å². The van der Waals surface area contributed by atoms with Crippen LogP contribution in [0.2, 0.25) is 0 Å². The molecule has 1 aromatic carbocycles. The zero-order valence-electron chi connectivity index (χ0n) is 26.6. The van der Waals surface area contributed by atoms with E-state index in [1.165, 1.54) is 32.9 Å². The van der Waals surface area contributed by atoms with Crippen LogP contribution in [0.4, 0.5) is 9.18 Å². The number of hydrogen-bond acceptors (Lipinski definition) is 9. The molecule has 2 aromatic rings. The van der Waals surface area contributed by atoms with E-state index in [-0.39, 0.29) is 74.5 Å². The number of halogens is 1.